The zero-order valence-electron chi connectivity index (χ0n) is 8.25. The number of ether oxygens (including phenoxy) is 1. The first-order valence-corrected chi connectivity index (χ1v) is 4.22. The average Bonchev–Trinajstić information content (AvgIpc) is 2.17. The van der Waals surface area contributed by atoms with Crippen LogP contribution in [-0.4, -0.2) is 32.3 Å². The van der Waals surface area contributed by atoms with E-state index in [1.165, 1.54) is 0 Å². The Morgan fingerprint density at radius 2 is 2.08 bits per heavy atom. The van der Waals surface area contributed by atoms with E-state index in [9.17, 15) is 9.18 Å². The summed E-state index contributed by atoms with van der Waals surface area (Å²) in [4.78, 5) is 10.9. The number of rotatable bonds is 5. The van der Waals surface area contributed by atoms with Gasteiger partial charge in [-0.2, -0.15) is 0 Å². The van der Waals surface area contributed by atoms with Crippen molar-refractivity contribution >= 4 is 5.97 Å². The van der Waals surface area contributed by atoms with Crippen LogP contribution in [0, 0.1) is 0 Å². The zero-order valence-corrected chi connectivity index (χ0v) is 8.25. The SMILES string of the molecule is CCOC(=O)C(N)CCCN.CF. The van der Waals surface area contributed by atoms with Crippen molar-refractivity contribution in [3.05, 3.63) is 0 Å². The normalized spacial score (nSPS) is 11.2. The molecule has 0 aromatic carbocycles. The van der Waals surface area contributed by atoms with Gasteiger partial charge in [0.05, 0.1) is 13.8 Å². The maximum absolute atomic E-state index is 10.9. The van der Waals surface area contributed by atoms with Gasteiger partial charge < -0.3 is 16.2 Å². The second-order valence-electron chi connectivity index (χ2n) is 2.29. The molecule has 0 aliphatic carbocycles. The molecule has 13 heavy (non-hydrogen) atoms. The number of hydrogen-bond acceptors (Lipinski definition) is 4. The van der Waals surface area contributed by atoms with Crippen LogP contribution >= 0.6 is 0 Å². The molecule has 0 aromatic rings. The molecular weight excluding hydrogens is 175 g/mol. The minimum atomic E-state index is -0.501. The Bertz CT molecular complexity index is 123. The van der Waals surface area contributed by atoms with Crippen molar-refractivity contribution in [1.82, 2.24) is 0 Å². The lowest BCUT2D eigenvalue weighted by atomic mass is 10.2. The summed E-state index contributed by atoms with van der Waals surface area (Å²) >= 11 is 0. The fraction of sp³-hybridized carbons (Fsp3) is 0.875. The summed E-state index contributed by atoms with van der Waals surface area (Å²) in [6, 6.07) is -0.501. The molecule has 0 rings (SSSR count). The Kier molecular flexibility index (Phi) is 12.9. The van der Waals surface area contributed by atoms with Gasteiger partial charge in [-0.25, -0.2) is 0 Å². The number of carbonyl (C=O) groups excluding carboxylic acids is 1. The van der Waals surface area contributed by atoms with Crippen LogP contribution < -0.4 is 11.5 Å². The van der Waals surface area contributed by atoms with E-state index in [1.54, 1.807) is 6.92 Å². The van der Waals surface area contributed by atoms with Crippen LogP contribution in [0.2, 0.25) is 0 Å². The van der Waals surface area contributed by atoms with Gasteiger partial charge in [0.2, 0.25) is 0 Å². The lowest BCUT2D eigenvalue weighted by Gasteiger charge is -2.08. The van der Waals surface area contributed by atoms with E-state index in [-0.39, 0.29) is 5.97 Å². The molecule has 4 nitrogen and oxygen atoms in total. The summed E-state index contributed by atoms with van der Waals surface area (Å²) in [7, 11) is 0.500. The topological polar surface area (TPSA) is 78.3 Å². The summed E-state index contributed by atoms with van der Waals surface area (Å²) in [6.45, 7) is 2.70. The third-order valence-corrected chi connectivity index (χ3v) is 1.31. The van der Waals surface area contributed by atoms with Gasteiger partial charge in [-0.1, -0.05) is 0 Å². The number of halogens is 1. The second kappa shape index (κ2) is 11.3. The first-order chi connectivity index (χ1) is 6.22. The summed E-state index contributed by atoms with van der Waals surface area (Å²) in [5.74, 6) is -0.332. The van der Waals surface area contributed by atoms with Gasteiger partial charge in [-0.3, -0.25) is 9.18 Å². The highest BCUT2D eigenvalue weighted by Gasteiger charge is 2.12. The molecule has 0 aliphatic heterocycles. The molecule has 0 radical (unpaired) electrons. The Balaban J connectivity index is 0. The third kappa shape index (κ3) is 9.23. The molecule has 0 heterocycles. The molecule has 80 valence electrons. The smallest absolute Gasteiger partial charge is 0.322 e. The highest BCUT2D eigenvalue weighted by molar-refractivity contribution is 5.75. The van der Waals surface area contributed by atoms with Crippen LogP contribution in [0.5, 0.6) is 0 Å². The van der Waals surface area contributed by atoms with Crippen LogP contribution in [0.15, 0.2) is 0 Å². The lowest BCUT2D eigenvalue weighted by molar-refractivity contribution is -0.144. The Morgan fingerprint density at radius 3 is 2.46 bits per heavy atom. The van der Waals surface area contributed by atoms with Gasteiger partial charge in [0.25, 0.3) is 0 Å². The number of carbonyl (C=O) groups is 1. The van der Waals surface area contributed by atoms with Crippen LogP contribution in [0.4, 0.5) is 4.39 Å². The van der Waals surface area contributed by atoms with Crippen molar-refractivity contribution in [1.29, 1.82) is 0 Å². The average molecular weight is 194 g/mol. The van der Waals surface area contributed by atoms with Crippen molar-refractivity contribution in [2.75, 3.05) is 20.3 Å². The molecule has 1 atom stereocenters. The summed E-state index contributed by atoms with van der Waals surface area (Å²) < 4.78 is 14.2. The van der Waals surface area contributed by atoms with Crippen LogP contribution in [-0.2, 0) is 9.53 Å². The van der Waals surface area contributed by atoms with Crippen LogP contribution in [0.3, 0.4) is 0 Å². The van der Waals surface area contributed by atoms with Gasteiger partial charge in [0.15, 0.2) is 0 Å². The third-order valence-electron chi connectivity index (χ3n) is 1.31. The fourth-order valence-corrected chi connectivity index (χ4v) is 0.705. The first kappa shape index (κ1) is 14.8. The molecule has 5 heteroatoms. The zero-order chi connectivity index (χ0) is 10.7. The molecule has 0 aliphatic rings. The summed E-state index contributed by atoms with van der Waals surface area (Å²) in [5.41, 5.74) is 10.7. The number of esters is 1. The van der Waals surface area contributed by atoms with Crippen molar-refractivity contribution in [2.45, 2.75) is 25.8 Å². The molecule has 0 spiro atoms. The minimum absolute atomic E-state index is 0.332. The molecule has 0 bridgehead atoms. The summed E-state index contributed by atoms with van der Waals surface area (Å²) in [5, 5.41) is 0. The highest BCUT2D eigenvalue weighted by atomic mass is 19.1. The minimum Gasteiger partial charge on any atom is -0.465 e. The Morgan fingerprint density at radius 1 is 1.54 bits per heavy atom. The van der Waals surface area contributed by atoms with Crippen molar-refractivity contribution in [3.8, 4) is 0 Å². The molecule has 0 saturated heterocycles. The van der Waals surface area contributed by atoms with Gasteiger partial charge >= 0.3 is 5.97 Å². The molecule has 0 fully saturated rings. The van der Waals surface area contributed by atoms with Gasteiger partial charge in [-0.05, 0) is 26.3 Å². The number of hydrogen-bond donors (Lipinski definition) is 2. The van der Waals surface area contributed by atoms with Crippen molar-refractivity contribution < 1.29 is 13.9 Å². The maximum Gasteiger partial charge on any atom is 0.322 e. The number of alkyl halides is 1. The largest absolute Gasteiger partial charge is 0.465 e. The molecule has 0 amide bonds. The van der Waals surface area contributed by atoms with E-state index in [2.05, 4.69) is 0 Å². The predicted octanol–water partition coefficient (Wildman–Crippen LogP) is 0.201. The highest BCUT2D eigenvalue weighted by Crippen LogP contribution is 1.95. The quantitative estimate of drug-likeness (QED) is 0.613. The van der Waals surface area contributed by atoms with E-state index in [0.29, 0.717) is 26.7 Å². The molecule has 1 unspecified atom stereocenters. The van der Waals surface area contributed by atoms with Crippen LogP contribution in [0.1, 0.15) is 19.8 Å². The Labute approximate surface area is 78.4 Å². The number of nitrogens with two attached hydrogens (primary N) is 2. The van der Waals surface area contributed by atoms with E-state index >= 15 is 0 Å². The summed E-state index contributed by atoms with van der Waals surface area (Å²) in [6.07, 6.45) is 1.37. The van der Waals surface area contributed by atoms with E-state index in [1.807, 2.05) is 0 Å². The van der Waals surface area contributed by atoms with Crippen molar-refractivity contribution in [3.63, 3.8) is 0 Å². The van der Waals surface area contributed by atoms with Gasteiger partial charge in [-0.15, -0.1) is 0 Å². The fourth-order valence-electron chi connectivity index (χ4n) is 0.705. The monoisotopic (exact) mass is 194 g/mol. The van der Waals surface area contributed by atoms with E-state index in [4.69, 9.17) is 16.2 Å². The second-order valence-corrected chi connectivity index (χ2v) is 2.29. The van der Waals surface area contributed by atoms with Gasteiger partial charge in [0.1, 0.15) is 6.04 Å². The van der Waals surface area contributed by atoms with Crippen molar-refractivity contribution in [2.24, 2.45) is 11.5 Å². The maximum atomic E-state index is 10.9. The van der Waals surface area contributed by atoms with E-state index in [0.717, 1.165) is 6.42 Å². The molecule has 0 saturated carbocycles. The standard InChI is InChI=1S/C7H16N2O2.CH3F/c1-2-11-7(10)6(9)4-3-5-8;1-2/h6H,2-5,8-9H2,1H3;1H3. The molecule has 4 N–H and O–H groups in total. The first-order valence-electron chi connectivity index (χ1n) is 4.22. The Hall–Kier alpha value is -0.680. The van der Waals surface area contributed by atoms with Gasteiger partial charge in [0, 0.05) is 0 Å². The molecular formula is C8H19FN2O2. The van der Waals surface area contributed by atoms with Crippen LogP contribution in [0.25, 0.3) is 0 Å². The predicted molar refractivity (Wildman–Crippen MR) is 49.9 cm³/mol. The molecule has 0 aromatic heterocycles. The lowest BCUT2D eigenvalue weighted by Crippen LogP contribution is -2.32. The van der Waals surface area contributed by atoms with E-state index < -0.39 is 6.04 Å².